The fraction of sp³-hybridized carbons (Fsp3) is 0.320. The van der Waals surface area contributed by atoms with Crippen LogP contribution in [0.1, 0.15) is 24.8 Å². The topological polar surface area (TPSA) is 119 Å². The summed E-state index contributed by atoms with van der Waals surface area (Å²) >= 11 is 3.28. The van der Waals surface area contributed by atoms with Crippen molar-refractivity contribution in [2.45, 2.75) is 38.0 Å². The van der Waals surface area contributed by atoms with Crippen LogP contribution in [0.15, 0.2) is 47.3 Å². The predicted octanol–water partition coefficient (Wildman–Crippen LogP) is 4.36. The van der Waals surface area contributed by atoms with E-state index in [1.165, 1.54) is 17.0 Å². The van der Waals surface area contributed by atoms with E-state index in [1.54, 1.807) is 23.1 Å². The van der Waals surface area contributed by atoms with Gasteiger partial charge in [0.25, 0.3) is 0 Å². The van der Waals surface area contributed by atoms with Gasteiger partial charge in [-0.25, -0.2) is 15.0 Å². The van der Waals surface area contributed by atoms with Crippen molar-refractivity contribution in [1.82, 2.24) is 24.4 Å². The molecule has 1 aliphatic heterocycles. The molecule has 1 aromatic carbocycles. The summed E-state index contributed by atoms with van der Waals surface area (Å²) in [6.07, 6.45) is -0.959. The average Bonchev–Trinajstić information content (AvgIpc) is 3.39. The predicted molar refractivity (Wildman–Crippen MR) is 137 cm³/mol. The Balaban J connectivity index is 1.35. The highest BCUT2D eigenvalue weighted by atomic mass is 79.9. The van der Waals surface area contributed by atoms with Gasteiger partial charge in [0.2, 0.25) is 11.8 Å². The summed E-state index contributed by atoms with van der Waals surface area (Å²) in [4.78, 5) is 40.9. The maximum Gasteiger partial charge on any atom is 0.416 e. The highest BCUT2D eigenvalue weighted by Crippen LogP contribution is 2.55. The summed E-state index contributed by atoms with van der Waals surface area (Å²) in [7, 11) is 0. The number of halogens is 4. The molecular formula is C25H21BrF3N7O2. The third-order valence-corrected chi connectivity index (χ3v) is 7.79. The van der Waals surface area contributed by atoms with Crippen molar-refractivity contribution in [3.05, 3.63) is 52.9 Å². The van der Waals surface area contributed by atoms with E-state index >= 15 is 0 Å². The number of nitrogens with one attached hydrogen (secondary N) is 1. The molecule has 1 spiro atoms. The lowest BCUT2D eigenvalue weighted by Crippen LogP contribution is -2.44. The Morgan fingerprint density at radius 3 is 2.68 bits per heavy atom. The van der Waals surface area contributed by atoms with Gasteiger partial charge in [0, 0.05) is 11.9 Å². The number of pyridine rings is 1. The first-order valence-electron chi connectivity index (χ1n) is 11.9. The Morgan fingerprint density at radius 2 is 1.97 bits per heavy atom. The van der Waals surface area contributed by atoms with Gasteiger partial charge in [-0.2, -0.15) is 13.2 Å². The number of nitrogens with zero attached hydrogens (tertiary/aromatic N) is 5. The molecule has 1 saturated carbocycles. The van der Waals surface area contributed by atoms with Crippen molar-refractivity contribution in [2.24, 2.45) is 5.41 Å². The van der Waals surface area contributed by atoms with Crippen molar-refractivity contribution in [2.75, 3.05) is 17.6 Å². The number of alkyl halides is 3. The number of aromatic nitrogens is 4. The molecule has 4 heterocycles. The summed E-state index contributed by atoms with van der Waals surface area (Å²) in [5, 5.41) is 3.25. The molecule has 0 bridgehead atoms. The maximum absolute atomic E-state index is 13.7. The number of amides is 2. The zero-order chi connectivity index (χ0) is 26.8. The van der Waals surface area contributed by atoms with Gasteiger partial charge in [-0.15, -0.1) is 0 Å². The molecule has 2 aliphatic rings. The number of fused-ring (bicyclic) bond motifs is 3. The van der Waals surface area contributed by atoms with E-state index in [0.717, 1.165) is 25.0 Å². The summed E-state index contributed by atoms with van der Waals surface area (Å²) in [6.45, 7) is 0.207. The minimum Gasteiger partial charge on any atom is -0.383 e. The molecule has 1 unspecified atom stereocenters. The zero-order valence-corrected chi connectivity index (χ0v) is 21.4. The van der Waals surface area contributed by atoms with Crippen LogP contribution in [0.4, 0.5) is 24.8 Å². The fourth-order valence-corrected chi connectivity index (χ4v) is 5.62. The molecular weight excluding hydrogens is 567 g/mol. The van der Waals surface area contributed by atoms with Gasteiger partial charge in [-0.05, 0) is 70.9 Å². The molecule has 0 radical (unpaired) electrons. The highest BCUT2D eigenvalue weighted by molar-refractivity contribution is 9.10. The van der Waals surface area contributed by atoms with Crippen molar-refractivity contribution >= 4 is 61.3 Å². The Hall–Kier alpha value is -3.74. The van der Waals surface area contributed by atoms with E-state index in [0.29, 0.717) is 28.9 Å². The van der Waals surface area contributed by atoms with Gasteiger partial charge >= 0.3 is 6.18 Å². The quantitative estimate of drug-likeness (QED) is 0.342. The second kappa shape index (κ2) is 8.65. The van der Waals surface area contributed by atoms with Crippen LogP contribution in [0, 0.1) is 5.41 Å². The number of anilines is 2. The number of carbonyl (C=O) groups excluding carboxylic acids is 2. The van der Waals surface area contributed by atoms with E-state index in [-0.39, 0.29) is 46.0 Å². The lowest BCUT2D eigenvalue weighted by molar-refractivity contribution is -0.137. The molecule has 9 nitrogen and oxygen atoms in total. The molecule has 6 rings (SSSR count). The number of nitrogen functional groups attached to an aromatic ring is 1. The molecule has 1 atom stereocenters. The standard InChI is InChI=1S/C25H21BrF3N7O2/c26-17-2-1-3-18(33-17)34-23(38)16-9-24(6-7-24)11-36(16)19(37)10-35-15-5-4-13(25(27,28)29)8-14(15)20-21(30)31-12-32-22(20)35/h1-5,8,12,16H,6-7,9-11H2,(H2,30,31,32)(H,33,34,38). The number of likely N-dealkylation sites (tertiary alicyclic amines) is 1. The van der Waals surface area contributed by atoms with Gasteiger partial charge < -0.3 is 20.5 Å². The molecule has 3 aromatic heterocycles. The summed E-state index contributed by atoms with van der Waals surface area (Å²) in [5.74, 6) is -0.297. The molecule has 13 heteroatoms. The minimum atomic E-state index is -4.55. The van der Waals surface area contributed by atoms with E-state index < -0.39 is 17.8 Å². The van der Waals surface area contributed by atoms with Gasteiger partial charge in [-0.3, -0.25) is 9.59 Å². The SMILES string of the molecule is Nc1ncnc2c1c1cc(C(F)(F)F)ccc1n2CC(=O)N1CC2(CC2)CC1C(=O)Nc1cccc(Br)n1. The zero-order valence-electron chi connectivity index (χ0n) is 19.8. The van der Waals surface area contributed by atoms with Gasteiger partial charge in [-0.1, -0.05) is 6.07 Å². The number of hydrogen-bond donors (Lipinski definition) is 2. The third kappa shape index (κ3) is 4.24. The Morgan fingerprint density at radius 1 is 1.18 bits per heavy atom. The second-order valence-electron chi connectivity index (χ2n) is 9.85. The molecule has 2 amide bonds. The van der Waals surface area contributed by atoms with Gasteiger partial charge in [0.05, 0.1) is 16.5 Å². The number of nitrogens with two attached hydrogens (primary N) is 1. The molecule has 1 aliphatic carbocycles. The summed E-state index contributed by atoms with van der Waals surface area (Å²) < 4.78 is 42.4. The summed E-state index contributed by atoms with van der Waals surface area (Å²) in [5.41, 5.74) is 5.73. The summed E-state index contributed by atoms with van der Waals surface area (Å²) in [6, 6.07) is 7.70. The van der Waals surface area contributed by atoms with E-state index in [9.17, 15) is 22.8 Å². The largest absolute Gasteiger partial charge is 0.416 e. The fourth-order valence-electron chi connectivity index (χ4n) is 5.28. The van der Waals surface area contributed by atoms with Crippen LogP contribution in [0.3, 0.4) is 0 Å². The van der Waals surface area contributed by atoms with Crippen molar-refractivity contribution in [1.29, 1.82) is 0 Å². The Labute approximate surface area is 222 Å². The van der Waals surface area contributed by atoms with Crippen molar-refractivity contribution in [3.63, 3.8) is 0 Å². The minimum absolute atomic E-state index is 0.0161. The second-order valence-corrected chi connectivity index (χ2v) is 10.7. The number of carbonyl (C=O) groups is 2. The number of benzene rings is 1. The van der Waals surface area contributed by atoms with Gasteiger partial charge in [0.15, 0.2) is 0 Å². The lowest BCUT2D eigenvalue weighted by atomic mass is 10.0. The van der Waals surface area contributed by atoms with Crippen LogP contribution in [0.25, 0.3) is 21.9 Å². The van der Waals surface area contributed by atoms with E-state index in [4.69, 9.17) is 5.73 Å². The highest BCUT2D eigenvalue weighted by Gasteiger charge is 2.55. The van der Waals surface area contributed by atoms with Crippen LogP contribution >= 0.6 is 15.9 Å². The van der Waals surface area contributed by atoms with Crippen molar-refractivity contribution in [3.8, 4) is 0 Å². The van der Waals surface area contributed by atoms with Crippen LogP contribution in [0.5, 0.6) is 0 Å². The normalized spacial score (nSPS) is 18.4. The van der Waals surface area contributed by atoms with E-state index in [1.807, 2.05) is 0 Å². The maximum atomic E-state index is 13.7. The first-order chi connectivity index (χ1) is 18.0. The third-order valence-electron chi connectivity index (χ3n) is 7.34. The smallest absolute Gasteiger partial charge is 0.383 e. The number of hydrogen-bond acceptors (Lipinski definition) is 6. The van der Waals surface area contributed by atoms with Crippen LogP contribution in [-0.2, 0) is 22.3 Å². The van der Waals surface area contributed by atoms with Crippen LogP contribution < -0.4 is 11.1 Å². The van der Waals surface area contributed by atoms with Crippen LogP contribution in [0.2, 0.25) is 0 Å². The van der Waals surface area contributed by atoms with Crippen molar-refractivity contribution < 1.29 is 22.8 Å². The monoisotopic (exact) mass is 587 g/mol. The Kier molecular flexibility index (Phi) is 5.60. The molecule has 4 aromatic rings. The first-order valence-corrected chi connectivity index (χ1v) is 12.7. The number of rotatable bonds is 4. The molecule has 2 fully saturated rings. The van der Waals surface area contributed by atoms with Gasteiger partial charge in [0.1, 0.15) is 40.8 Å². The molecule has 3 N–H and O–H groups in total. The first kappa shape index (κ1) is 24.6. The van der Waals surface area contributed by atoms with Crippen LogP contribution in [-0.4, -0.2) is 48.8 Å². The molecule has 1 saturated heterocycles. The van der Waals surface area contributed by atoms with E-state index in [2.05, 4.69) is 36.2 Å². The Bertz CT molecular complexity index is 1620. The molecule has 38 heavy (non-hydrogen) atoms. The lowest BCUT2D eigenvalue weighted by Gasteiger charge is -2.24. The molecule has 196 valence electrons. The average molecular weight is 588 g/mol.